The van der Waals surface area contributed by atoms with Crippen LogP contribution in [0.5, 0.6) is 0 Å². The lowest BCUT2D eigenvalue weighted by molar-refractivity contribution is 0.0921. The average molecular weight is 634 g/mol. The van der Waals surface area contributed by atoms with Gasteiger partial charge in [0.15, 0.2) is 17.5 Å². The summed E-state index contributed by atoms with van der Waals surface area (Å²) in [7, 11) is 2.10. The van der Waals surface area contributed by atoms with Crippen molar-refractivity contribution in [3.63, 3.8) is 0 Å². The maximum atomic E-state index is 14.8. The summed E-state index contributed by atoms with van der Waals surface area (Å²) in [6.45, 7) is 2.66. The first-order chi connectivity index (χ1) is 22.3. The van der Waals surface area contributed by atoms with E-state index in [1.54, 1.807) is 18.3 Å². The number of aromatic amines is 1. The standard InChI is InChI=1S/C32H37F2N9O3/c1-43-9-6-19(7-10-43)14-39-32(45)46-18-20-5-8-35-27(11-20)31(44)41-23-4-2-3-22(13-23)40-30-26(34)17-38-29(42-30)25-16-37-28-24(25)12-21(33)15-36-28/h5,8,11-12,15-17,19,22-23H,2-4,6-7,9-10,13-14,18H2,1H3,(H,36,37)(H,39,45)(H,41,44)(H,38,40,42)/t22-,23+/m1/s1. The number of anilines is 1. The van der Waals surface area contributed by atoms with Crippen LogP contribution in [0.3, 0.4) is 0 Å². The second-order valence-electron chi connectivity index (χ2n) is 12.1. The Morgan fingerprint density at radius 2 is 1.89 bits per heavy atom. The first-order valence-electron chi connectivity index (χ1n) is 15.6. The lowest BCUT2D eigenvalue weighted by Crippen LogP contribution is -2.42. The number of pyridine rings is 2. The summed E-state index contributed by atoms with van der Waals surface area (Å²) in [5.74, 6) is -0.742. The molecule has 1 saturated heterocycles. The largest absolute Gasteiger partial charge is 0.445 e. The summed E-state index contributed by atoms with van der Waals surface area (Å²) in [6.07, 6.45) is 9.81. The van der Waals surface area contributed by atoms with Crippen LogP contribution in [-0.2, 0) is 11.3 Å². The lowest BCUT2D eigenvalue weighted by atomic mass is 9.91. The number of hydrogen-bond acceptors (Lipinski definition) is 9. The molecular formula is C32H37F2N9O3. The summed E-state index contributed by atoms with van der Waals surface area (Å²) in [4.78, 5) is 47.3. The van der Waals surface area contributed by atoms with Crippen molar-refractivity contribution in [1.82, 2.24) is 40.5 Å². The summed E-state index contributed by atoms with van der Waals surface area (Å²) in [5, 5.41) is 9.55. The molecule has 4 N–H and O–H groups in total. The molecular weight excluding hydrogens is 596 g/mol. The van der Waals surface area contributed by atoms with E-state index in [1.165, 1.54) is 12.3 Å². The highest BCUT2D eigenvalue weighted by molar-refractivity contribution is 5.93. The van der Waals surface area contributed by atoms with Gasteiger partial charge in [-0.05, 0) is 88.3 Å². The number of fused-ring (bicyclic) bond motifs is 1. The van der Waals surface area contributed by atoms with Crippen LogP contribution in [0.4, 0.5) is 19.4 Å². The van der Waals surface area contributed by atoms with Gasteiger partial charge in [-0.1, -0.05) is 0 Å². The molecule has 6 rings (SSSR count). The molecule has 0 bridgehead atoms. The second kappa shape index (κ2) is 14.1. The number of ether oxygens (including phenoxy) is 1. The number of amides is 2. The molecule has 2 aliphatic rings. The molecule has 0 spiro atoms. The van der Waals surface area contributed by atoms with E-state index in [0.29, 0.717) is 41.0 Å². The van der Waals surface area contributed by atoms with Crippen LogP contribution < -0.4 is 16.0 Å². The quantitative estimate of drug-likeness (QED) is 0.210. The summed E-state index contributed by atoms with van der Waals surface area (Å²) in [6, 6.07) is 4.32. The highest BCUT2D eigenvalue weighted by atomic mass is 19.1. The van der Waals surface area contributed by atoms with E-state index in [1.807, 2.05) is 0 Å². The fraction of sp³-hybridized carbons (Fsp3) is 0.438. The van der Waals surface area contributed by atoms with Crippen molar-refractivity contribution in [2.75, 3.05) is 32.0 Å². The molecule has 1 saturated carbocycles. The maximum Gasteiger partial charge on any atom is 0.407 e. The van der Waals surface area contributed by atoms with Gasteiger partial charge in [-0.3, -0.25) is 9.78 Å². The molecule has 242 valence electrons. The van der Waals surface area contributed by atoms with Crippen molar-refractivity contribution in [3.05, 3.63) is 65.9 Å². The van der Waals surface area contributed by atoms with Crippen molar-refractivity contribution >= 4 is 28.9 Å². The molecule has 2 fully saturated rings. The minimum Gasteiger partial charge on any atom is -0.445 e. The highest BCUT2D eigenvalue weighted by Gasteiger charge is 2.26. The zero-order valence-electron chi connectivity index (χ0n) is 25.6. The van der Waals surface area contributed by atoms with E-state index in [0.717, 1.165) is 57.6 Å². The van der Waals surface area contributed by atoms with Crippen molar-refractivity contribution < 1.29 is 23.1 Å². The van der Waals surface area contributed by atoms with Crippen LogP contribution in [0.15, 0.2) is 43.0 Å². The molecule has 2 amide bonds. The summed E-state index contributed by atoms with van der Waals surface area (Å²) in [5.41, 5.74) is 1.86. The van der Waals surface area contributed by atoms with Crippen molar-refractivity contribution in [2.45, 2.75) is 57.2 Å². The Kier molecular flexibility index (Phi) is 9.62. The lowest BCUT2D eigenvalue weighted by Gasteiger charge is -2.30. The number of nitrogens with one attached hydrogen (secondary N) is 4. The van der Waals surface area contributed by atoms with Gasteiger partial charge in [-0.2, -0.15) is 0 Å². The van der Waals surface area contributed by atoms with E-state index >= 15 is 0 Å². The van der Waals surface area contributed by atoms with E-state index in [4.69, 9.17) is 4.74 Å². The number of aromatic nitrogens is 5. The van der Waals surface area contributed by atoms with Crippen LogP contribution in [0.25, 0.3) is 22.4 Å². The molecule has 0 radical (unpaired) electrons. The SMILES string of the molecule is CN1CCC(CNC(=O)OCc2ccnc(C(=O)N[C@H]3CCC[C@@H](Nc4nc(-c5c[nH]c6ncc(F)cc56)ncc4F)C3)c2)CC1. The fourth-order valence-electron chi connectivity index (χ4n) is 6.05. The molecule has 4 aromatic heterocycles. The van der Waals surface area contributed by atoms with Gasteiger partial charge >= 0.3 is 6.09 Å². The predicted molar refractivity (Wildman–Crippen MR) is 167 cm³/mol. The molecule has 0 unspecified atom stereocenters. The predicted octanol–water partition coefficient (Wildman–Crippen LogP) is 4.41. The number of hydrogen-bond donors (Lipinski definition) is 4. The number of piperidine rings is 1. The van der Waals surface area contributed by atoms with Gasteiger partial charge < -0.3 is 30.6 Å². The van der Waals surface area contributed by atoms with Crippen LogP contribution in [0.2, 0.25) is 0 Å². The van der Waals surface area contributed by atoms with Gasteiger partial charge in [0.1, 0.15) is 23.8 Å². The van der Waals surface area contributed by atoms with Crippen LogP contribution in [0.1, 0.15) is 54.6 Å². The Labute approximate surface area is 264 Å². The molecule has 2 atom stereocenters. The molecule has 14 heteroatoms. The molecule has 5 heterocycles. The number of carbonyl (C=O) groups is 2. The van der Waals surface area contributed by atoms with Crippen LogP contribution >= 0.6 is 0 Å². The molecule has 0 aromatic carbocycles. The zero-order valence-corrected chi connectivity index (χ0v) is 25.6. The third-order valence-corrected chi connectivity index (χ3v) is 8.63. The molecule has 12 nitrogen and oxygen atoms in total. The Hall–Kier alpha value is -4.72. The molecule has 4 aromatic rings. The molecule has 1 aliphatic carbocycles. The van der Waals surface area contributed by atoms with Gasteiger partial charge in [-0.25, -0.2) is 28.5 Å². The third kappa shape index (κ3) is 7.73. The zero-order chi connectivity index (χ0) is 32.0. The monoisotopic (exact) mass is 633 g/mol. The minimum atomic E-state index is -0.613. The van der Waals surface area contributed by atoms with E-state index in [9.17, 15) is 18.4 Å². The second-order valence-corrected chi connectivity index (χ2v) is 12.1. The molecule has 1 aliphatic heterocycles. The molecule has 46 heavy (non-hydrogen) atoms. The number of likely N-dealkylation sites (tertiary alicyclic amines) is 1. The number of halogens is 2. The number of nitrogens with zero attached hydrogens (tertiary/aromatic N) is 5. The maximum absolute atomic E-state index is 14.8. The Balaban J connectivity index is 1.01. The minimum absolute atomic E-state index is 0.0218. The van der Waals surface area contributed by atoms with E-state index < -0.39 is 17.7 Å². The number of alkyl carbamates (subject to hydrolysis) is 1. The van der Waals surface area contributed by atoms with Crippen molar-refractivity contribution in [3.8, 4) is 11.4 Å². The number of carbonyl (C=O) groups excluding carboxylic acids is 2. The van der Waals surface area contributed by atoms with Crippen LogP contribution in [-0.4, -0.2) is 80.6 Å². The summed E-state index contributed by atoms with van der Waals surface area (Å²) >= 11 is 0. The van der Waals surface area contributed by atoms with Crippen molar-refractivity contribution in [2.24, 2.45) is 5.92 Å². The number of rotatable bonds is 9. The van der Waals surface area contributed by atoms with Gasteiger partial charge in [0, 0.05) is 42.0 Å². The Morgan fingerprint density at radius 1 is 1.07 bits per heavy atom. The summed E-state index contributed by atoms with van der Waals surface area (Å²) < 4.78 is 34.0. The van der Waals surface area contributed by atoms with E-state index in [2.05, 4.69) is 52.8 Å². The Morgan fingerprint density at radius 3 is 2.74 bits per heavy atom. The number of H-pyrrole nitrogens is 1. The van der Waals surface area contributed by atoms with Gasteiger partial charge in [0.25, 0.3) is 5.91 Å². The van der Waals surface area contributed by atoms with Gasteiger partial charge in [0.2, 0.25) is 0 Å². The first-order valence-corrected chi connectivity index (χ1v) is 15.6. The van der Waals surface area contributed by atoms with Gasteiger partial charge in [-0.15, -0.1) is 0 Å². The van der Waals surface area contributed by atoms with E-state index in [-0.39, 0.29) is 41.9 Å². The fourth-order valence-corrected chi connectivity index (χ4v) is 6.05. The topological polar surface area (TPSA) is 150 Å². The third-order valence-electron chi connectivity index (χ3n) is 8.63. The average Bonchev–Trinajstić information content (AvgIpc) is 3.48. The normalized spacial score (nSPS) is 19.1. The van der Waals surface area contributed by atoms with Crippen molar-refractivity contribution in [1.29, 1.82) is 0 Å². The van der Waals surface area contributed by atoms with Gasteiger partial charge in [0.05, 0.1) is 12.4 Å². The van der Waals surface area contributed by atoms with Crippen LogP contribution in [0, 0.1) is 17.6 Å². The highest BCUT2D eigenvalue weighted by Crippen LogP contribution is 2.28. The first kappa shape index (κ1) is 31.3. The smallest absolute Gasteiger partial charge is 0.407 e. The Bertz CT molecular complexity index is 1690.